The van der Waals surface area contributed by atoms with Gasteiger partial charge in [-0.05, 0) is 6.07 Å². The lowest BCUT2D eigenvalue weighted by Crippen LogP contribution is -2.14. The van der Waals surface area contributed by atoms with Crippen LogP contribution < -0.4 is 5.73 Å². The van der Waals surface area contributed by atoms with E-state index in [-0.39, 0.29) is 5.69 Å². The van der Waals surface area contributed by atoms with E-state index in [0.29, 0.717) is 5.65 Å². The predicted octanol–water partition coefficient (Wildman–Crippen LogP) is 0.309. The molecule has 0 saturated carbocycles. The van der Waals surface area contributed by atoms with Crippen LogP contribution >= 0.6 is 0 Å². The molecule has 0 bridgehead atoms. The molecule has 3 aromatic heterocycles. The second-order valence-corrected chi connectivity index (χ2v) is 3.20. The first-order chi connectivity index (χ1) is 7.27. The number of carbonyl (C=O) groups is 1. The van der Waals surface area contributed by atoms with Gasteiger partial charge in [-0.1, -0.05) is 0 Å². The quantitative estimate of drug-likeness (QED) is 0.593. The van der Waals surface area contributed by atoms with Crippen molar-refractivity contribution in [3.05, 3.63) is 30.4 Å². The molecule has 0 radical (unpaired) electrons. The van der Waals surface area contributed by atoms with E-state index in [1.165, 1.54) is 10.7 Å². The number of aromatic amines is 1. The third-order valence-corrected chi connectivity index (χ3v) is 2.31. The Hall–Kier alpha value is -2.37. The molecule has 1 amide bonds. The van der Waals surface area contributed by atoms with Crippen LogP contribution in [-0.2, 0) is 0 Å². The molecule has 0 aliphatic rings. The van der Waals surface area contributed by atoms with Gasteiger partial charge in [0, 0.05) is 11.6 Å². The lowest BCUT2D eigenvalue weighted by atomic mass is 10.4. The summed E-state index contributed by atoms with van der Waals surface area (Å²) >= 11 is 0. The fraction of sp³-hybridized carbons (Fsp3) is 0. The molecule has 6 nitrogen and oxygen atoms in total. The van der Waals surface area contributed by atoms with E-state index in [1.54, 1.807) is 12.4 Å². The van der Waals surface area contributed by atoms with Gasteiger partial charge in [0.25, 0.3) is 5.91 Å². The van der Waals surface area contributed by atoms with Gasteiger partial charge in [-0.2, -0.15) is 5.10 Å². The zero-order valence-corrected chi connectivity index (χ0v) is 7.64. The smallest absolute Gasteiger partial charge is 0.269 e. The number of H-pyrrole nitrogens is 1. The van der Waals surface area contributed by atoms with Crippen molar-refractivity contribution in [1.29, 1.82) is 0 Å². The average molecular weight is 201 g/mol. The molecule has 0 aromatic carbocycles. The van der Waals surface area contributed by atoms with E-state index in [1.807, 2.05) is 6.07 Å². The Labute approximate surface area is 83.7 Å². The number of hydrogen-bond acceptors (Lipinski definition) is 3. The van der Waals surface area contributed by atoms with Crippen LogP contribution in [0.3, 0.4) is 0 Å². The van der Waals surface area contributed by atoms with Crippen LogP contribution in [0.25, 0.3) is 16.6 Å². The van der Waals surface area contributed by atoms with Gasteiger partial charge in [0.1, 0.15) is 5.69 Å². The van der Waals surface area contributed by atoms with E-state index in [0.717, 1.165) is 10.9 Å². The number of carbonyl (C=O) groups excluding carboxylic acids is 1. The topological polar surface area (TPSA) is 89.1 Å². The summed E-state index contributed by atoms with van der Waals surface area (Å²) in [6, 6.07) is 1.89. The molecule has 15 heavy (non-hydrogen) atoms. The normalized spacial score (nSPS) is 11.2. The Morgan fingerprint density at radius 3 is 3.13 bits per heavy atom. The predicted molar refractivity (Wildman–Crippen MR) is 53.4 cm³/mol. The molecule has 0 aliphatic heterocycles. The number of nitrogens with zero attached hydrogens (tertiary/aromatic N) is 3. The first-order valence-corrected chi connectivity index (χ1v) is 4.37. The number of primary amides is 1. The zero-order valence-electron chi connectivity index (χ0n) is 7.64. The Morgan fingerprint density at radius 2 is 2.33 bits per heavy atom. The van der Waals surface area contributed by atoms with E-state index in [4.69, 9.17) is 5.73 Å². The number of hydrogen-bond donors (Lipinski definition) is 2. The molecular weight excluding hydrogens is 194 g/mol. The fourth-order valence-electron chi connectivity index (χ4n) is 1.60. The van der Waals surface area contributed by atoms with Crippen LogP contribution in [0.1, 0.15) is 10.5 Å². The summed E-state index contributed by atoms with van der Waals surface area (Å²) in [4.78, 5) is 18.2. The van der Waals surface area contributed by atoms with Crippen molar-refractivity contribution in [2.45, 2.75) is 0 Å². The molecule has 3 rings (SSSR count). The summed E-state index contributed by atoms with van der Waals surface area (Å²) in [5, 5.41) is 5.04. The largest absolute Gasteiger partial charge is 0.364 e. The Kier molecular flexibility index (Phi) is 1.37. The Morgan fingerprint density at radius 1 is 1.47 bits per heavy atom. The maximum atomic E-state index is 11.1. The first kappa shape index (κ1) is 7.98. The molecule has 0 saturated heterocycles. The number of aromatic nitrogens is 4. The van der Waals surface area contributed by atoms with E-state index in [2.05, 4.69) is 15.1 Å². The zero-order chi connectivity index (χ0) is 10.4. The van der Waals surface area contributed by atoms with Crippen LogP contribution in [0.4, 0.5) is 0 Å². The molecular formula is C9H7N5O. The average Bonchev–Trinajstić information content (AvgIpc) is 2.82. The van der Waals surface area contributed by atoms with E-state index in [9.17, 15) is 4.79 Å². The van der Waals surface area contributed by atoms with E-state index < -0.39 is 5.91 Å². The number of fused-ring (bicyclic) bond motifs is 3. The summed E-state index contributed by atoms with van der Waals surface area (Å²) in [7, 11) is 0. The van der Waals surface area contributed by atoms with Gasteiger partial charge < -0.3 is 10.7 Å². The molecule has 74 valence electrons. The summed E-state index contributed by atoms with van der Waals surface area (Å²) in [5.74, 6) is -0.541. The van der Waals surface area contributed by atoms with Gasteiger partial charge in [-0.15, -0.1) is 0 Å². The lowest BCUT2D eigenvalue weighted by Gasteiger charge is -1.96. The molecule has 0 fully saturated rings. The molecule has 3 aromatic rings. The SMILES string of the molecule is NC(=O)c1cnc2c3[nH]ccc3cnn12. The first-order valence-electron chi connectivity index (χ1n) is 4.37. The number of nitrogens with one attached hydrogen (secondary N) is 1. The molecule has 0 spiro atoms. The van der Waals surface area contributed by atoms with Gasteiger partial charge in [0.15, 0.2) is 5.65 Å². The lowest BCUT2D eigenvalue weighted by molar-refractivity contribution is 0.0993. The standard InChI is InChI=1S/C9H7N5O/c10-8(15)6-4-12-9-7-5(1-2-11-7)3-13-14(6)9/h1-4,11H,(H2,10,15). The molecule has 0 atom stereocenters. The van der Waals surface area contributed by atoms with Crippen molar-refractivity contribution >= 4 is 22.5 Å². The number of imidazole rings is 1. The highest BCUT2D eigenvalue weighted by Gasteiger charge is 2.11. The number of rotatable bonds is 1. The number of nitrogens with two attached hydrogens (primary N) is 1. The van der Waals surface area contributed by atoms with Gasteiger partial charge in [0.05, 0.1) is 17.9 Å². The van der Waals surface area contributed by atoms with Crippen molar-refractivity contribution in [3.63, 3.8) is 0 Å². The fourth-order valence-corrected chi connectivity index (χ4v) is 1.60. The van der Waals surface area contributed by atoms with Crippen molar-refractivity contribution in [2.75, 3.05) is 0 Å². The van der Waals surface area contributed by atoms with Crippen LogP contribution in [0, 0.1) is 0 Å². The minimum absolute atomic E-state index is 0.279. The number of amides is 1. The van der Waals surface area contributed by atoms with Gasteiger partial charge in [0.2, 0.25) is 0 Å². The molecule has 6 heteroatoms. The highest BCUT2D eigenvalue weighted by atomic mass is 16.1. The highest BCUT2D eigenvalue weighted by Crippen LogP contribution is 2.16. The highest BCUT2D eigenvalue weighted by molar-refractivity contribution is 5.95. The summed E-state index contributed by atoms with van der Waals surface area (Å²) in [6.07, 6.45) is 4.88. The second kappa shape index (κ2) is 2.57. The van der Waals surface area contributed by atoms with Gasteiger partial charge in [-0.3, -0.25) is 4.79 Å². The molecule has 3 N–H and O–H groups in total. The van der Waals surface area contributed by atoms with Crippen LogP contribution in [0.15, 0.2) is 24.7 Å². The summed E-state index contributed by atoms with van der Waals surface area (Å²) in [6.45, 7) is 0. The third kappa shape index (κ3) is 0.954. The van der Waals surface area contributed by atoms with Crippen LogP contribution in [-0.4, -0.2) is 25.5 Å². The van der Waals surface area contributed by atoms with E-state index >= 15 is 0 Å². The van der Waals surface area contributed by atoms with Gasteiger partial charge >= 0.3 is 0 Å². The van der Waals surface area contributed by atoms with Gasteiger partial charge in [-0.25, -0.2) is 9.50 Å². The van der Waals surface area contributed by atoms with Crippen LogP contribution in [0.2, 0.25) is 0 Å². The third-order valence-electron chi connectivity index (χ3n) is 2.31. The van der Waals surface area contributed by atoms with Crippen LogP contribution in [0.5, 0.6) is 0 Å². The minimum Gasteiger partial charge on any atom is -0.364 e. The summed E-state index contributed by atoms with van der Waals surface area (Å²) in [5.41, 5.74) is 6.92. The molecule has 0 unspecified atom stereocenters. The summed E-state index contributed by atoms with van der Waals surface area (Å²) < 4.78 is 1.43. The maximum Gasteiger partial charge on any atom is 0.269 e. The van der Waals surface area contributed by atoms with Crippen molar-refractivity contribution in [2.24, 2.45) is 5.73 Å². The van der Waals surface area contributed by atoms with Crippen molar-refractivity contribution < 1.29 is 4.79 Å². The molecule has 3 heterocycles. The second-order valence-electron chi connectivity index (χ2n) is 3.20. The Balaban J connectivity index is 2.51. The Bertz CT molecular complexity index is 665. The van der Waals surface area contributed by atoms with Crippen molar-refractivity contribution in [1.82, 2.24) is 19.6 Å². The van der Waals surface area contributed by atoms with Crippen molar-refractivity contribution in [3.8, 4) is 0 Å². The monoisotopic (exact) mass is 201 g/mol. The maximum absolute atomic E-state index is 11.1. The minimum atomic E-state index is -0.541. The molecule has 0 aliphatic carbocycles.